The Kier molecular flexibility index (Phi) is 10.9. The minimum absolute atomic E-state index is 0.0274. The van der Waals surface area contributed by atoms with Crippen molar-refractivity contribution >= 4 is 11.8 Å². The number of para-hydroxylation sites is 1. The van der Waals surface area contributed by atoms with Crippen molar-refractivity contribution in [2.24, 2.45) is 4.99 Å². The van der Waals surface area contributed by atoms with Crippen LogP contribution in [0.15, 0.2) is 47.6 Å². The fourth-order valence-corrected chi connectivity index (χ4v) is 2.82. The molecule has 9 heteroatoms. The monoisotopic (exact) mass is 435 g/mol. The summed E-state index contributed by atoms with van der Waals surface area (Å²) in [6.07, 6.45) is 3.65. The van der Waals surface area contributed by atoms with Crippen LogP contribution < -0.4 is 25.4 Å². The number of unbranched alkanes of at least 4 members (excludes halogenated alkanes) is 1. The minimum Gasteiger partial charge on any atom is -0.490 e. The van der Waals surface area contributed by atoms with E-state index in [1.165, 1.54) is 0 Å². The van der Waals surface area contributed by atoms with Crippen LogP contribution in [0, 0.1) is 0 Å². The summed E-state index contributed by atoms with van der Waals surface area (Å²) >= 11 is 0. The molecule has 31 heavy (non-hydrogen) atoms. The number of guanidine groups is 1. The number of aromatic nitrogens is 1. The Morgan fingerprint density at radius 1 is 1.06 bits per heavy atom. The third-order valence-corrected chi connectivity index (χ3v) is 4.19. The Bertz CT molecular complexity index is 791. The van der Waals surface area contributed by atoms with E-state index in [2.05, 4.69) is 25.9 Å². The number of nitrogens with zero attached hydrogens (tertiary/aromatic N) is 2. The summed E-state index contributed by atoms with van der Waals surface area (Å²) in [5.74, 6) is 1.79. The molecule has 0 fully saturated rings. The molecule has 0 bridgehead atoms. The summed E-state index contributed by atoms with van der Waals surface area (Å²) in [4.78, 5) is 8.73. The molecule has 0 aliphatic heterocycles. The molecule has 2 rings (SSSR count). The number of aliphatic imine (C=N–C) groups is 1. The predicted octanol–water partition coefficient (Wildman–Crippen LogP) is 4.03. The summed E-state index contributed by atoms with van der Waals surface area (Å²) in [6.45, 7) is 3.60. The second-order valence-corrected chi connectivity index (χ2v) is 6.53. The summed E-state index contributed by atoms with van der Waals surface area (Å²) in [5.41, 5.74) is 0.531. The van der Waals surface area contributed by atoms with E-state index >= 15 is 0 Å². The van der Waals surface area contributed by atoms with Gasteiger partial charge in [0.25, 0.3) is 0 Å². The molecule has 0 saturated heterocycles. The van der Waals surface area contributed by atoms with Crippen LogP contribution in [0.1, 0.15) is 32.3 Å². The van der Waals surface area contributed by atoms with Crippen LogP contribution in [-0.2, 0) is 6.54 Å². The normalized spacial score (nSPS) is 11.3. The highest BCUT2D eigenvalue weighted by molar-refractivity contribution is 5.79. The van der Waals surface area contributed by atoms with Crippen LogP contribution in [0.2, 0.25) is 0 Å². The van der Waals surface area contributed by atoms with E-state index in [-0.39, 0.29) is 18.0 Å². The third kappa shape index (κ3) is 9.06. The maximum Gasteiger partial charge on any atom is 0.387 e. The molecule has 0 spiro atoms. The summed E-state index contributed by atoms with van der Waals surface area (Å²) in [5, 5.41) is 9.70. The van der Waals surface area contributed by atoms with Crippen molar-refractivity contribution in [2.45, 2.75) is 39.8 Å². The standard InChI is InChI=1S/C22H31F2N5O2/c1-3-25-22(28-15-8-7-14-27-19-12-5-6-13-26-19)29-16-17-10-9-11-18(30-4-2)20(17)31-21(23)24/h5-6,9-13,21H,3-4,7-8,14-16H2,1-2H3,(H,26,27)(H2,25,28,29). The molecule has 0 atom stereocenters. The Morgan fingerprint density at radius 3 is 2.61 bits per heavy atom. The zero-order valence-corrected chi connectivity index (χ0v) is 18.0. The van der Waals surface area contributed by atoms with Gasteiger partial charge in [-0.1, -0.05) is 18.2 Å². The molecular weight excluding hydrogens is 404 g/mol. The molecule has 7 nitrogen and oxygen atoms in total. The van der Waals surface area contributed by atoms with Crippen LogP contribution >= 0.6 is 0 Å². The maximum absolute atomic E-state index is 12.9. The van der Waals surface area contributed by atoms with Gasteiger partial charge in [-0.05, 0) is 44.9 Å². The Morgan fingerprint density at radius 2 is 1.90 bits per heavy atom. The largest absolute Gasteiger partial charge is 0.490 e. The molecule has 0 aliphatic rings. The topological polar surface area (TPSA) is 79.8 Å². The summed E-state index contributed by atoms with van der Waals surface area (Å²) in [7, 11) is 0. The number of rotatable bonds is 13. The van der Waals surface area contributed by atoms with Crippen molar-refractivity contribution in [1.82, 2.24) is 15.6 Å². The van der Waals surface area contributed by atoms with Gasteiger partial charge >= 0.3 is 6.61 Å². The van der Waals surface area contributed by atoms with Crippen LogP contribution in [0.25, 0.3) is 0 Å². The van der Waals surface area contributed by atoms with Crippen LogP contribution in [-0.4, -0.2) is 43.8 Å². The molecular formula is C22H31F2N5O2. The van der Waals surface area contributed by atoms with E-state index < -0.39 is 6.61 Å². The quantitative estimate of drug-likeness (QED) is 0.250. The Hall–Kier alpha value is -3.10. The number of halogens is 2. The second-order valence-electron chi connectivity index (χ2n) is 6.53. The van der Waals surface area contributed by atoms with E-state index in [4.69, 9.17) is 9.47 Å². The molecule has 0 unspecified atom stereocenters. The van der Waals surface area contributed by atoms with E-state index in [0.29, 0.717) is 24.7 Å². The average molecular weight is 436 g/mol. The van der Waals surface area contributed by atoms with Gasteiger partial charge in [-0.3, -0.25) is 0 Å². The second kappa shape index (κ2) is 14.0. The number of benzene rings is 1. The Labute approximate surface area is 182 Å². The molecule has 0 saturated carbocycles. The fraction of sp³-hybridized carbons (Fsp3) is 0.455. The smallest absolute Gasteiger partial charge is 0.387 e. The maximum atomic E-state index is 12.9. The van der Waals surface area contributed by atoms with Crippen molar-refractivity contribution in [3.05, 3.63) is 48.2 Å². The van der Waals surface area contributed by atoms with Gasteiger partial charge < -0.3 is 25.4 Å². The van der Waals surface area contributed by atoms with Crippen LogP contribution in [0.3, 0.4) is 0 Å². The SMILES string of the molecule is CCNC(=NCc1cccc(OCC)c1OC(F)F)NCCCCNc1ccccn1. The van der Waals surface area contributed by atoms with Gasteiger partial charge in [0.05, 0.1) is 13.2 Å². The van der Waals surface area contributed by atoms with Gasteiger partial charge in [-0.25, -0.2) is 9.98 Å². The molecule has 170 valence electrons. The predicted molar refractivity (Wildman–Crippen MR) is 119 cm³/mol. The number of alkyl halides is 2. The molecule has 3 N–H and O–H groups in total. The zero-order valence-electron chi connectivity index (χ0n) is 18.0. The molecule has 0 aliphatic carbocycles. The molecule has 2 aromatic rings. The average Bonchev–Trinajstić information content (AvgIpc) is 2.76. The lowest BCUT2D eigenvalue weighted by atomic mass is 10.2. The van der Waals surface area contributed by atoms with E-state index in [1.807, 2.05) is 25.1 Å². The lowest BCUT2D eigenvalue weighted by Gasteiger charge is -2.15. The zero-order chi connectivity index (χ0) is 22.3. The van der Waals surface area contributed by atoms with Gasteiger partial charge in [-0.15, -0.1) is 0 Å². The third-order valence-electron chi connectivity index (χ3n) is 4.19. The minimum atomic E-state index is -2.93. The summed E-state index contributed by atoms with van der Waals surface area (Å²) < 4.78 is 35.9. The van der Waals surface area contributed by atoms with Gasteiger partial charge in [0, 0.05) is 31.4 Å². The summed E-state index contributed by atoms with van der Waals surface area (Å²) in [6, 6.07) is 10.8. The molecule has 1 heterocycles. The molecule has 0 radical (unpaired) electrons. The van der Waals surface area contributed by atoms with Crippen LogP contribution in [0.4, 0.5) is 14.6 Å². The first-order chi connectivity index (χ1) is 15.1. The van der Waals surface area contributed by atoms with Crippen molar-refractivity contribution in [3.63, 3.8) is 0 Å². The lowest BCUT2D eigenvalue weighted by Crippen LogP contribution is -2.37. The highest BCUT2D eigenvalue weighted by Gasteiger charge is 2.15. The van der Waals surface area contributed by atoms with Crippen molar-refractivity contribution in [1.29, 1.82) is 0 Å². The van der Waals surface area contributed by atoms with Crippen molar-refractivity contribution in [3.8, 4) is 11.5 Å². The fourth-order valence-electron chi connectivity index (χ4n) is 2.82. The number of ether oxygens (including phenoxy) is 2. The van der Waals surface area contributed by atoms with Gasteiger partial charge in [-0.2, -0.15) is 8.78 Å². The molecule has 1 aromatic carbocycles. The van der Waals surface area contributed by atoms with E-state index in [0.717, 1.165) is 31.7 Å². The van der Waals surface area contributed by atoms with E-state index in [1.54, 1.807) is 31.3 Å². The van der Waals surface area contributed by atoms with E-state index in [9.17, 15) is 8.78 Å². The number of nitrogens with one attached hydrogen (secondary N) is 3. The highest BCUT2D eigenvalue weighted by Crippen LogP contribution is 2.33. The van der Waals surface area contributed by atoms with Gasteiger partial charge in [0.15, 0.2) is 17.5 Å². The van der Waals surface area contributed by atoms with Crippen LogP contribution in [0.5, 0.6) is 11.5 Å². The number of anilines is 1. The first-order valence-electron chi connectivity index (χ1n) is 10.5. The lowest BCUT2D eigenvalue weighted by molar-refractivity contribution is -0.0520. The van der Waals surface area contributed by atoms with Crippen molar-refractivity contribution < 1.29 is 18.3 Å². The number of hydrogen-bond acceptors (Lipinski definition) is 5. The highest BCUT2D eigenvalue weighted by atomic mass is 19.3. The van der Waals surface area contributed by atoms with Gasteiger partial charge in [0.2, 0.25) is 0 Å². The first-order valence-corrected chi connectivity index (χ1v) is 10.5. The molecule has 1 aromatic heterocycles. The number of pyridine rings is 1. The first kappa shape index (κ1) is 24.2. The number of hydrogen-bond donors (Lipinski definition) is 3. The molecule has 0 amide bonds. The van der Waals surface area contributed by atoms with Gasteiger partial charge in [0.1, 0.15) is 5.82 Å². The Balaban J connectivity index is 1.88. The van der Waals surface area contributed by atoms with Crippen molar-refractivity contribution in [2.75, 3.05) is 31.6 Å².